The van der Waals surface area contributed by atoms with Gasteiger partial charge in [-0.15, -0.1) is 0 Å². The normalized spacial score (nSPS) is 30.5. The van der Waals surface area contributed by atoms with Crippen LogP contribution in [0, 0.1) is 10.1 Å². The van der Waals surface area contributed by atoms with Gasteiger partial charge in [-0.05, 0) is 31.0 Å². The summed E-state index contributed by atoms with van der Waals surface area (Å²) in [7, 11) is 0. The summed E-state index contributed by atoms with van der Waals surface area (Å²) in [4.78, 5) is 10.2. The van der Waals surface area contributed by atoms with E-state index >= 15 is 0 Å². The van der Waals surface area contributed by atoms with Crippen molar-refractivity contribution < 1.29 is 14.8 Å². The summed E-state index contributed by atoms with van der Waals surface area (Å²) in [5, 5.41) is 23.3. The maximum absolute atomic E-state index is 10.6. The number of aliphatic hydroxyl groups excluding tert-OH is 1. The van der Waals surface area contributed by atoms with Crippen molar-refractivity contribution in [2.45, 2.75) is 38.1 Å². The lowest BCUT2D eigenvalue weighted by Gasteiger charge is -2.22. The Kier molecular flexibility index (Phi) is 3.84. The van der Waals surface area contributed by atoms with E-state index in [9.17, 15) is 15.2 Å². The van der Waals surface area contributed by atoms with Gasteiger partial charge in [0, 0.05) is 12.1 Å². The van der Waals surface area contributed by atoms with Crippen LogP contribution in [0.1, 0.15) is 31.9 Å². The highest BCUT2D eigenvalue weighted by Crippen LogP contribution is 2.35. The third-order valence-corrected chi connectivity index (χ3v) is 3.55. The third-order valence-electron chi connectivity index (χ3n) is 3.55. The molecule has 1 saturated heterocycles. The standard InChI is InChI=1S/C13H18N2O4/c1-3-13(2)14-11(8-16)12(19-13)9-4-6-10(7-5-9)15(17)18/h4-7,11-12,14,16H,3,8H2,1-2H3/t11-,12-,13?/m0/s1. The molecule has 1 fully saturated rings. The van der Waals surface area contributed by atoms with Crippen molar-refractivity contribution in [2.75, 3.05) is 6.61 Å². The molecule has 0 bridgehead atoms. The molecular formula is C13H18N2O4. The molecule has 1 aliphatic heterocycles. The fourth-order valence-electron chi connectivity index (χ4n) is 2.28. The van der Waals surface area contributed by atoms with Crippen LogP contribution in [0.3, 0.4) is 0 Å². The van der Waals surface area contributed by atoms with E-state index in [0.29, 0.717) is 0 Å². The van der Waals surface area contributed by atoms with Gasteiger partial charge in [0.15, 0.2) is 0 Å². The lowest BCUT2D eigenvalue weighted by atomic mass is 10.0. The monoisotopic (exact) mass is 266 g/mol. The number of nitro benzene ring substituents is 1. The fraction of sp³-hybridized carbons (Fsp3) is 0.538. The molecule has 0 spiro atoms. The zero-order chi connectivity index (χ0) is 14.0. The molecule has 104 valence electrons. The number of nitrogens with one attached hydrogen (secondary N) is 1. The van der Waals surface area contributed by atoms with Gasteiger partial charge in [0.1, 0.15) is 11.8 Å². The summed E-state index contributed by atoms with van der Waals surface area (Å²) in [6, 6.07) is 6.05. The molecule has 0 aliphatic carbocycles. The molecule has 6 heteroatoms. The van der Waals surface area contributed by atoms with E-state index in [4.69, 9.17) is 4.74 Å². The molecule has 0 amide bonds. The number of rotatable bonds is 4. The van der Waals surface area contributed by atoms with E-state index in [1.54, 1.807) is 12.1 Å². The molecule has 1 aromatic carbocycles. The summed E-state index contributed by atoms with van der Waals surface area (Å²) in [5.41, 5.74) is 0.405. The third kappa shape index (κ3) is 2.75. The lowest BCUT2D eigenvalue weighted by molar-refractivity contribution is -0.384. The minimum absolute atomic E-state index is 0.0444. The quantitative estimate of drug-likeness (QED) is 0.640. The fourth-order valence-corrected chi connectivity index (χ4v) is 2.28. The summed E-state index contributed by atoms with van der Waals surface area (Å²) in [6.45, 7) is 3.89. The second-order valence-corrected chi connectivity index (χ2v) is 4.90. The maximum atomic E-state index is 10.6. The predicted molar refractivity (Wildman–Crippen MR) is 69.6 cm³/mol. The van der Waals surface area contributed by atoms with Gasteiger partial charge < -0.3 is 9.84 Å². The Labute approximate surface area is 111 Å². The Hall–Kier alpha value is -1.50. The van der Waals surface area contributed by atoms with Crippen LogP contribution in [0.4, 0.5) is 5.69 Å². The van der Waals surface area contributed by atoms with E-state index in [1.165, 1.54) is 12.1 Å². The van der Waals surface area contributed by atoms with Crippen molar-refractivity contribution >= 4 is 5.69 Å². The highest BCUT2D eigenvalue weighted by molar-refractivity contribution is 5.34. The van der Waals surface area contributed by atoms with E-state index in [1.807, 2.05) is 13.8 Å². The van der Waals surface area contributed by atoms with Crippen LogP contribution in [0.15, 0.2) is 24.3 Å². The van der Waals surface area contributed by atoms with Gasteiger partial charge in [0.2, 0.25) is 0 Å². The molecule has 2 rings (SSSR count). The summed E-state index contributed by atoms with van der Waals surface area (Å²) < 4.78 is 5.95. The smallest absolute Gasteiger partial charge is 0.269 e. The Balaban J connectivity index is 2.22. The van der Waals surface area contributed by atoms with Gasteiger partial charge in [-0.2, -0.15) is 0 Å². The van der Waals surface area contributed by atoms with Crippen molar-refractivity contribution in [2.24, 2.45) is 0 Å². The van der Waals surface area contributed by atoms with Crippen molar-refractivity contribution in [1.29, 1.82) is 0 Å². The number of ether oxygens (including phenoxy) is 1. The highest BCUT2D eigenvalue weighted by Gasteiger charge is 2.41. The second kappa shape index (κ2) is 5.24. The number of hydrogen-bond donors (Lipinski definition) is 2. The molecule has 2 N–H and O–H groups in total. The number of benzene rings is 1. The number of non-ortho nitro benzene ring substituents is 1. The zero-order valence-corrected chi connectivity index (χ0v) is 11.0. The molecular weight excluding hydrogens is 248 g/mol. The highest BCUT2D eigenvalue weighted by atomic mass is 16.6. The van der Waals surface area contributed by atoms with Crippen LogP contribution in [0.2, 0.25) is 0 Å². The van der Waals surface area contributed by atoms with Crippen LogP contribution >= 0.6 is 0 Å². The molecule has 6 nitrogen and oxygen atoms in total. The topological polar surface area (TPSA) is 84.6 Å². The molecule has 1 unspecified atom stereocenters. The number of nitrogens with zero attached hydrogens (tertiary/aromatic N) is 1. The largest absolute Gasteiger partial charge is 0.395 e. The molecule has 3 atom stereocenters. The van der Waals surface area contributed by atoms with E-state index in [2.05, 4.69) is 5.32 Å². The van der Waals surface area contributed by atoms with Gasteiger partial charge in [-0.25, -0.2) is 0 Å². The summed E-state index contributed by atoms with van der Waals surface area (Å²) in [5.74, 6) is 0. The Morgan fingerprint density at radius 2 is 2.11 bits per heavy atom. The van der Waals surface area contributed by atoms with Crippen molar-refractivity contribution in [1.82, 2.24) is 5.32 Å². The van der Waals surface area contributed by atoms with Crippen LogP contribution in [-0.2, 0) is 4.74 Å². The van der Waals surface area contributed by atoms with Crippen LogP contribution in [0.5, 0.6) is 0 Å². The Morgan fingerprint density at radius 3 is 2.58 bits per heavy atom. The maximum Gasteiger partial charge on any atom is 0.269 e. The molecule has 1 heterocycles. The van der Waals surface area contributed by atoms with Crippen LogP contribution in [0.25, 0.3) is 0 Å². The van der Waals surface area contributed by atoms with Gasteiger partial charge in [-0.1, -0.05) is 6.92 Å². The summed E-state index contributed by atoms with van der Waals surface area (Å²) in [6.07, 6.45) is 0.475. The Morgan fingerprint density at radius 1 is 1.47 bits per heavy atom. The van der Waals surface area contributed by atoms with E-state index in [0.717, 1.165) is 12.0 Å². The number of nitro groups is 1. The molecule has 1 aromatic rings. The van der Waals surface area contributed by atoms with Gasteiger partial charge >= 0.3 is 0 Å². The lowest BCUT2D eigenvalue weighted by Crippen LogP contribution is -2.42. The molecule has 0 aromatic heterocycles. The van der Waals surface area contributed by atoms with Crippen molar-refractivity contribution in [3.8, 4) is 0 Å². The van der Waals surface area contributed by atoms with Crippen molar-refractivity contribution in [3.63, 3.8) is 0 Å². The zero-order valence-electron chi connectivity index (χ0n) is 11.0. The SMILES string of the molecule is CCC1(C)N[C@@H](CO)[C@H](c2ccc([N+](=O)[O-])cc2)O1. The van der Waals surface area contributed by atoms with Crippen molar-refractivity contribution in [3.05, 3.63) is 39.9 Å². The number of hydrogen-bond acceptors (Lipinski definition) is 5. The average Bonchev–Trinajstić information content (AvgIpc) is 2.77. The minimum atomic E-state index is -0.472. The van der Waals surface area contributed by atoms with Crippen LogP contribution < -0.4 is 5.32 Å². The van der Waals surface area contributed by atoms with Gasteiger partial charge in [0.05, 0.1) is 17.6 Å². The van der Waals surface area contributed by atoms with Crippen LogP contribution in [-0.4, -0.2) is 28.4 Å². The Bertz CT molecular complexity index is 462. The first-order chi connectivity index (χ1) is 8.99. The first kappa shape index (κ1) is 13.9. The average molecular weight is 266 g/mol. The summed E-state index contributed by atoms with van der Waals surface area (Å²) >= 11 is 0. The minimum Gasteiger partial charge on any atom is -0.395 e. The molecule has 1 aliphatic rings. The molecule has 19 heavy (non-hydrogen) atoms. The second-order valence-electron chi connectivity index (χ2n) is 4.90. The predicted octanol–water partition coefficient (Wildman–Crippen LogP) is 1.74. The van der Waals surface area contributed by atoms with Gasteiger partial charge in [-0.3, -0.25) is 15.4 Å². The van der Waals surface area contributed by atoms with E-state index in [-0.39, 0.29) is 24.4 Å². The first-order valence-electron chi connectivity index (χ1n) is 6.30. The molecule has 0 radical (unpaired) electrons. The van der Waals surface area contributed by atoms with Gasteiger partial charge in [0.25, 0.3) is 5.69 Å². The first-order valence-corrected chi connectivity index (χ1v) is 6.30. The number of aliphatic hydroxyl groups is 1. The van der Waals surface area contributed by atoms with E-state index < -0.39 is 10.6 Å². The molecule has 0 saturated carbocycles.